The summed E-state index contributed by atoms with van der Waals surface area (Å²) in [4.78, 5) is 14.4. The van der Waals surface area contributed by atoms with Crippen LogP contribution in [0.3, 0.4) is 0 Å². The molecular formula is C16H24N2O. The zero-order valence-corrected chi connectivity index (χ0v) is 12.0. The van der Waals surface area contributed by atoms with E-state index in [-0.39, 0.29) is 5.91 Å². The van der Waals surface area contributed by atoms with E-state index in [4.69, 9.17) is 5.73 Å². The zero-order chi connectivity index (χ0) is 13.8. The maximum atomic E-state index is 12.4. The average Bonchev–Trinajstić information content (AvgIpc) is 2.42. The molecule has 19 heavy (non-hydrogen) atoms. The van der Waals surface area contributed by atoms with Crippen molar-refractivity contribution in [2.75, 3.05) is 18.8 Å². The van der Waals surface area contributed by atoms with Crippen LogP contribution in [0.5, 0.6) is 0 Å². The molecule has 0 unspecified atom stereocenters. The lowest BCUT2D eigenvalue weighted by molar-refractivity contribution is 0.0686. The molecule has 0 spiro atoms. The molecule has 0 radical (unpaired) electrons. The van der Waals surface area contributed by atoms with Crippen molar-refractivity contribution in [2.24, 2.45) is 5.92 Å². The quantitative estimate of drug-likeness (QED) is 0.848. The van der Waals surface area contributed by atoms with Crippen molar-refractivity contribution in [3.05, 3.63) is 29.3 Å². The lowest BCUT2D eigenvalue weighted by Gasteiger charge is -2.32. The first kappa shape index (κ1) is 13.9. The van der Waals surface area contributed by atoms with E-state index >= 15 is 0 Å². The zero-order valence-electron chi connectivity index (χ0n) is 12.0. The molecule has 2 N–H and O–H groups in total. The fourth-order valence-corrected chi connectivity index (χ4v) is 2.82. The van der Waals surface area contributed by atoms with Gasteiger partial charge in [-0.2, -0.15) is 0 Å². The number of benzene rings is 1. The first-order valence-corrected chi connectivity index (χ1v) is 7.27. The van der Waals surface area contributed by atoms with Crippen LogP contribution in [0.25, 0.3) is 0 Å². The molecule has 0 bridgehead atoms. The number of nitrogens with zero attached hydrogens (tertiary/aromatic N) is 1. The molecule has 104 valence electrons. The largest absolute Gasteiger partial charge is 0.399 e. The van der Waals surface area contributed by atoms with Gasteiger partial charge in [-0.25, -0.2) is 0 Å². The summed E-state index contributed by atoms with van der Waals surface area (Å²) in [5.74, 6) is 0.959. The first-order valence-electron chi connectivity index (χ1n) is 7.27. The van der Waals surface area contributed by atoms with Gasteiger partial charge in [0.05, 0.1) is 0 Å². The molecule has 3 heteroatoms. The Morgan fingerprint density at radius 1 is 1.37 bits per heavy atom. The molecule has 3 nitrogen and oxygen atoms in total. The Kier molecular flexibility index (Phi) is 4.46. The van der Waals surface area contributed by atoms with E-state index < -0.39 is 0 Å². The van der Waals surface area contributed by atoms with Crippen LogP contribution >= 0.6 is 0 Å². The van der Waals surface area contributed by atoms with Crippen molar-refractivity contribution in [1.82, 2.24) is 4.90 Å². The van der Waals surface area contributed by atoms with Gasteiger partial charge in [0, 0.05) is 24.3 Å². The van der Waals surface area contributed by atoms with Crippen molar-refractivity contribution in [3.8, 4) is 0 Å². The highest BCUT2D eigenvalue weighted by molar-refractivity contribution is 5.94. The molecule has 1 heterocycles. The Bertz CT molecular complexity index is 448. The Morgan fingerprint density at radius 3 is 2.63 bits per heavy atom. The first-order chi connectivity index (χ1) is 9.11. The lowest BCUT2D eigenvalue weighted by atomic mass is 9.92. The highest BCUT2D eigenvalue weighted by atomic mass is 16.2. The van der Waals surface area contributed by atoms with Crippen molar-refractivity contribution in [2.45, 2.75) is 39.5 Å². The minimum absolute atomic E-state index is 0.151. The standard InChI is InChI=1S/C16H24N2O/c1-3-4-13-7-9-18(10-8-13)16(19)14-5-6-15(17)12(2)11-14/h5-6,11,13H,3-4,7-10,17H2,1-2H3. The number of carbonyl (C=O) groups is 1. The van der Waals surface area contributed by atoms with Crippen molar-refractivity contribution in [3.63, 3.8) is 0 Å². The monoisotopic (exact) mass is 260 g/mol. The molecule has 1 aliphatic heterocycles. The number of anilines is 1. The molecule has 1 aromatic rings. The molecule has 1 amide bonds. The summed E-state index contributed by atoms with van der Waals surface area (Å²) in [6.45, 7) is 5.97. The van der Waals surface area contributed by atoms with E-state index in [2.05, 4.69) is 6.92 Å². The van der Waals surface area contributed by atoms with Gasteiger partial charge in [0.2, 0.25) is 0 Å². The summed E-state index contributed by atoms with van der Waals surface area (Å²) in [5.41, 5.74) is 8.29. The van der Waals surface area contributed by atoms with Gasteiger partial charge in [0.25, 0.3) is 5.91 Å². The van der Waals surface area contributed by atoms with Crippen LogP contribution in [0.1, 0.15) is 48.5 Å². The van der Waals surface area contributed by atoms with Crippen LogP contribution in [-0.2, 0) is 0 Å². The van der Waals surface area contributed by atoms with Crippen LogP contribution < -0.4 is 5.73 Å². The van der Waals surface area contributed by atoms with Gasteiger partial charge in [-0.05, 0) is 49.4 Å². The topological polar surface area (TPSA) is 46.3 Å². The highest BCUT2D eigenvalue weighted by Crippen LogP contribution is 2.23. The number of likely N-dealkylation sites (tertiary alicyclic amines) is 1. The third-order valence-corrected chi connectivity index (χ3v) is 4.12. The summed E-state index contributed by atoms with van der Waals surface area (Å²) in [6, 6.07) is 5.56. The van der Waals surface area contributed by atoms with E-state index in [9.17, 15) is 4.79 Å². The Balaban J connectivity index is 1.99. The number of nitrogen functional groups attached to an aromatic ring is 1. The maximum absolute atomic E-state index is 12.4. The fraction of sp³-hybridized carbons (Fsp3) is 0.562. The van der Waals surface area contributed by atoms with Gasteiger partial charge in [-0.15, -0.1) is 0 Å². The lowest BCUT2D eigenvalue weighted by Crippen LogP contribution is -2.38. The van der Waals surface area contributed by atoms with Crippen LogP contribution in [0.15, 0.2) is 18.2 Å². The van der Waals surface area contributed by atoms with Gasteiger partial charge in [0.1, 0.15) is 0 Å². The number of carbonyl (C=O) groups excluding carboxylic acids is 1. The Labute approximate surface area is 115 Å². The van der Waals surface area contributed by atoms with Crippen molar-refractivity contribution in [1.29, 1.82) is 0 Å². The number of hydrogen-bond donors (Lipinski definition) is 1. The number of nitrogens with two attached hydrogens (primary N) is 1. The van der Waals surface area contributed by atoms with Crippen LogP contribution in [-0.4, -0.2) is 23.9 Å². The third-order valence-electron chi connectivity index (χ3n) is 4.12. The van der Waals surface area contributed by atoms with Gasteiger partial charge in [-0.3, -0.25) is 4.79 Å². The van der Waals surface area contributed by atoms with Gasteiger partial charge in [0.15, 0.2) is 0 Å². The normalized spacial score (nSPS) is 16.6. The summed E-state index contributed by atoms with van der Waals surface area (Å²) in [7, 11) is 0. The molecule has 1 aromatic carbocycles. The van der Waals surface area contributed by atoms with Gasteiger partial charge >= 0.3 is 0 Å². The SMILES string of the molecule is CCCC1CCN(C(=O)c2ccc(N)c(C)c2)CC1. The van der Waals surface area contributed by atoms with Crippen molar-refractivity contribution >= 4 is 11.6 Å². The number of aryl methyl sites for hydroxylation is 1. The van der Waals surface area contributed by atoms with E-state index in [1.54, 1.807) is 0 Å². The Morgan fingerprint density at radius 2 is 2.05 bits per heavy atom. The summed E-state index contributed by atoms with van der Waals surface area (Å²) >= 11 is 0. The second-order valence-electron chi connectivity index (χ2n) is 5.60. The smallest absolute Gasteiger partial charge is 0.253 e. The molecule has 1 aliphatic rings. The van der Waals surface area contributed by atoms with Crippen molar-refractivity contribution < 1.29 is 4.79 Å². The fourth-order valence-electron chi connectivity index (χ4n) is 2.82. The van der Waals surface area contributed by atoms with Gasteiger partial charge in [-0.1, -0.05) is 19.8 Å². The number of rotatable bonds is 3. The minimum atomic E-state index is 0.151. The van der Waals surface area contributed by atoms with Crippen LogP contribution in [0, 0.1) is 12.8 Å². The summed E-state index contributed by atoms with van der Waals surface area (Å²) in [6.07, 6.45) is 4.83. The molecular weight excluding hydrogens is 236 g/mol. The minimum Gasteiger partial charge on any atom is -0.399 e. The molecule has 1 saturated heterocycles. The second kappa shape index (κ2) is 6.09. The molecule has 0 saturated carbocycles. The maximum Gasteiger partial charge on any atom is 0.253 e. The van der Waals surface area contributed by atoms with E-state index in [1.807, 2.05) is 30.0 Å². The number of hydrogen-bond acceptors (Lipinski definition) is 2. The Hall–Kier alpha value is -1.51. The average molecular weight is 260 g/mol. The molecule has 1 fully saturated rings. The molecule has 0 aromatic heterocycles. The van der Waals surface area contributed by atoms with Crippen LogP contribution in [0.4, 0.5) is 5.69 Å². The summed E-state index contributed by atoms with van der Waals surface area (Å²) in [5, 5.41) is 0. The van der Waals surface area contributed by atoms with Gasteiger partial charge < -0.3 is 10.6 Å². The second-order valence-corrected chi connectivity index (χ2v) is 5.60. The molecule has 0 atom stereocenters. The van der Waals surface area contributed by atoms with Crippen LogP contribution in [0.2, 0.25) is 0 Å². The predicted molar refractivity (Wildman–Crippen MR) is 79.1 cm³/mol. The highest BCUT2D eigenvalue weighted by Gasteiger charge is 2.23. The number of piperidine rings is 1. The third kappa shape index (κ3) is 3.28. The molecule has 0 aliphatic carbocycles. The van der Waals surface area contributed by atoms with E-state index in [0.29, 0.717) is 0 Å². The van der Waals surface area contributed by atoms with E-state index in [0.717, 1.165) is 48.7 Å². The predicted octanol–water partition coefficient (Wildman–Crippen LogP) is 3.23. The molecule has 2 rings (SSSR count). The summed E-state index contributed by atoms with van der Waals surface area (Å²) < 4.78 is 0. The van der Waals surface area contributed by atoms with E-state index in [1.165, 1.54) is 12.8 Å². The number of amides is 1.